The number of amides is 1. The standard InChI is InChI=1S/C21H15ClN2O3/c1-24-16-10-5-3-8-14(16)19(25)18(13-7-2-4-9-15(13)22)20(24)23-21(26)17-11-6-12-27-17/h2-12H,1H3,(H,23,26). The molecule has 2 aromatic heterocycles. The lowest BCUT2D eigenvalue weighted by Crippen LogP contribution is -2.21. The van der Waals surface area contributed by atoms with Gasteiger partial charge in [0.1, 0.15) is 5.82 Å². The van der Waals surface area contributed by atoms with Gasteiger partial charge in [-0.05, 0) is 30.3 Å². The van der Waals surface area contributed by atoms with Crippen molar-refractivity contribution in [3.63, 3.8) is 0 Å². The molecule has 0 saturated heterocycles. The molecule has 1 amide bonds. The van der Waals surface area contributed by atoms with Crippen molar-refractivity contribution in [1.82, 2.24) is 4.57 Å². The molecule has 0 bridgehead atoms. The molecule has 0 aliphatic heterocycles. The third-order valence-electron chi connectivity index (χ3n) is 4.43. The van der Waals surface area contributed by atoms with E-state index in [0.29, 0.717) is 32.9 Å². The van der Waals surface area contributed by atoms with Gasteiger partial charge >= 0.3 is 0 Å². The highest BCUT2D eigenvalue weighted by Gasteiger charge is 2.21. The minimum atomic E-state index is -0.446. The van der Waals surface area contributed by atoms with E-state index < -0.39 is 5.91 Å². The zero-order valence-corrected chi connectivity index (χ0v) is 15.2. The van der Waals surface area contributed by atoms with Gasteiger partial charge in [-0.25, -0.2) is 0 Å². The summed E-state index contributed by atoms with van der Waals surface area (Å²) in [5.41, 5.74) is 1.39. The monoisotopic (exact) mass is 378 g/mol. The molecular weight excluding hydrogens is 364 g/mol. The van der Waals surface area contributed by atoms with Crippen molar-refractivity contribution in [2.24, 2.45) is 7.05 Å². The van der Waals surface area contributed by atoms with E-state index in [4.69, 9.17) is 16.0 Å². The second-order valence-corrected chi connectivity index (χ2v) is 6.45. The third-order valence-corrected chi connectivity index (χ3v) is 4.76. The maximum atomic E-state index is 13.3. The normalized spacial score (nSPS) is 10.9. The molecule has 0 radical (unpaired) electrons. The highest BCUT2D eigenvalue weighted by molar-refractivity contribution is 6.33. The predicted octanol–water partition coefficient (Wildman–Crippen LogP) is 4.70. The molecule has 2 heterocycles. The molecule has 0 spiro atoms. The number of benzene rings is 2. The molecule has 0 aliphatic carbocycles. The highest BCUT2D eigenvalue weighted by atomic mass is 35.5. The van der Waals surface area contributed by atoms with Crippen LogP contribution in [0.3, 0.4) is 0 Å². The van der Waals surface area contributed by atoms with Crippen LogP contribution >= 0.6 is 11.6 Å². The molecule has 0 aliphatic rings. The van der Waals surface area contributed by atoms with Crippen LogP contribution in [0.5, 0.6) is 0 Å². The summed E-state index contributed by atoms with van der Waals surface area (Å²) in [7, 11) is 1.79. The number of aryl methyl sites for hydroxylation is 1. The summed E-state index contributed by atoms with van der Waals surface area (Å²) in [6, 6.07) is 17.5. The van der Waals surface area contributed by atoms with Gasteiger partial charge in [-0.15, -0.1) is 0 Å². The lowest BCUT2D eigenvalue weighted by atomic mass is 10.0. The number of hydrogen-bond donors (Lipinski definition) is 1. The summed E-state index contributed by atoms with van der Waals surface area (Å²) in [5, 5.41) is 3.79. The van der Waals surface area contributed by atoms with Crippen LogP contribution in [0.4, 0.5) is 5.82 Å². The number of nitrogens with one attached hydrogen (secondary N) is 1. The predicted molar refractivity (Wildman–Crippen MR) is 106 cm³/mol. The number of fused-ring (bicyclic) bond motifs is 1. The van der Waals surface area contributed by atoms with Crippen LogP contribution in [0, 0.1) is 0 Å². The van der Waals surface area contributed by atoms with E-state index in [1.807, 2.05) is 12.1 Å². The summed E-state index contributed by atoms with van der Waals surface area (Å²) in [5.74, 6) is 0.0625. The van der Waals surface area contributed by atoms with Gasteiger partial charge in [0.25, 0.3) is 5.91 Å². The van der Waals surface area contributed by atoms with Gasteiger partial charge in [0, 0.05) is 23.0 Å². The number of anilines is 1. The first-order chi connectivity index (χ1) is 13.1. The Hall–Kier alpha value is -3.31. The molecular formula is C21H15ClN2O3. The van der Waals surface area contributed by atoms with E-state index >= 15 is 0 Å². The van der Waals surface area contributed by atoms with E-state index in [1.54, 1.807) is 60.1 Å². The molecule has 4 aromatic rings. The fraction of sp³-hybridized carbons (Fsp3) is 0.0476. The zero-order chi connectivity index (χ0) is 19.0. The smallest absolute Gasteiger partial charge is 0.292 e. The van der Waals surface area contributed by atoms with Crippen molar-refractivity contribution >= 4 is 34.2 Å². The first kappa shape index (κ1) is 17.1. The van der Waals surface area contributed by atoms with Gasteiger partial charge in [0.2, 0.25) is 0 Å². The molecule has 5 nitrogen and oxygen atoms in total. The Morgan fingerprint density at radius 1 is 1.04 bits per heavy atom. The van der Waals surface area contributed by atoms with Gasteiger partial charge in [-0.2, -0.15) is 0 Å². The fourth-order valence-electron chi connectivity index (χ4n) is 3.13. The molecule has 1 N–H and O–H groups in total. The molecule has 0 atom stereocenters. The zero-order valence-electron chi connectivity index (χ0n) is 14.4. The minimum Gasteiger partial charge on any atom is -0.459 e. The molecule has 4 rings (SSSR count). The number of pyridine rings is 1. The second kappa shape index (κ2) is 6.78. The van der Waals surface area contributed by atoms with Crippen molar-refractivity contribution in [2.45, 2.75) is 0 Å². The Bertz CT molecular complexity index is 1210. The minimum absolute atomic E-state index is 0.153. The van der Waals surface area contributed by atoms with Crippen molar-refractivity contribution in [3.8, 4) is 11.1 Å². The Morgan fingerprint density at radius 2 is 1.78 bits per heavy atom. The summed E-state index contributed by atoms with van der Waals surface area (Å²) in [6.07, 6.45) is 1.42. The second-order valence-electron chi connectivity index (χ2n) is 6.04. The van der Waals surface area contributed by atoms with Gasteiger partial charge < -0.3 is 14.3 Å². The topological polar surface area (TPSA) is 64.2 Å². The maximum Gasteiger partial charge on any atom is 0.292 e. The van der Waals surface area contributed by atoms with Gasteiger partial charge in [0.15, 0.2) is 11.2 Å². The maximum absolute atomic E-state index is 13.3. The van der Waals surface area contributed by atoms with E-state index in [1.165, 1.54) is 6.26 Å². The molecule has 134 valence electrons. The number of furan rings is 1. The van der Waals surface area contributed by atoms with E-state index in [-0.39, 0.29) is 11.2 Å². The van der Waals surface area contributed by atoms with Crippen molar-refractivity contribution < 1.29 is 9.21 Å². The average Bonchev–Trinajstić information content (AvgIpc) is 3.22. The van der Waals surface area contributed by atoms with Gasteiger partial charge in [-0.3, -0.25) is 9.59 Å². The Labute approximate surface area is 159 Å². The number of nitrogens with zero attached hydrogens (tertiary/aromatic N) is 1. The van der Waals surface area contributed by atoms with Crippen LogP contribution in [0.2, 0.25) is 5.02 Å². The SMILES string of the molecule is Cn1c(NC(=O)c2ccco2)c(-c2ccccc2Cl)c(=O)c2ccccc21. The first-order valence-corrected chi connectivity index (χ1v) is 8.67. The summed E-state index contributed by atoms with van der Waals surface area (Å²) in [4.78, 5) is 25.9. The van der Waals surface area contributed by atoms with E-state index in [2.05, 4.69) is 5.32 Å². The lowest BCUT2D eigenvalue weighted by molar-refractivity contribution is 0.0996. The van der Waals surface area contributed by atoms with Crippen molar-refractivity contribution in [1.29, 1.82) is 0 Å². The van der Waals surface area contributed by atoms with Crippen LogP contribution in [-0.4, -0.2) is 10.5 Å². The highest BCUT2D eigenvalue weighted by Crippen LogP contribution is 2.33. The van der Waals surface area contributed by atoms with E-state index in [9.17, 15) is 9.59 Å². The molecule has 6 heteroatoms. The molecule has 0 unspecified atom stereocenters. The molecule has 0 saturated carbocycles. The Kier molecular flexibility index (Phi) is 4.30. The number of halogens is 1. The van der Waals surface area contributed by atoms with Crippen molar-refractivity contribution in [2.75, 3.05) is 5.32 Å². The molecule has 27 heavy (non-hydrogen) atoms. The lowest BCUT2D eigenvalue weighted by Gasteiger charge is -2.18. The number of aromatic nitrogens is 1. The summed E-state index contributed by atoms with van der Waals surface area (Å²) < 4.78 is 6.94. The van der Waals surface area contributed by atoms with Gasteiger partial charge in [-0.1, -0.05) is 41.9 Å². The number of para-hydroxylation sites is 1. The average molecular weight is 379 g/mol. The van der Waals surface area contributed by atoms with Crippen LogP contribution in [-0.2, 0) is 7.05 Å². The third kappa shape index (κ3) is 2.92. The Morgan fingerprint density at radius 3 is 2.52 bits per heavy atom. The molecule has 2 aromatic carbocycles. The van der Waals surface area contributed by atoms with Crippen LogP contribution in [0.15, 0.2) is 76.1 Å². The number of carbonyl (C=O) groups is 1. The number of carbonyl (C=O) groups excluding carboxylic acids is 1. The summed E-state index contributed by atoms with van der Waals surface area (Å²) in [6.45, 7) is 0. The fourth-order valence-corrected chi connectivity index (χ4v) is 3.36. The number of hydrogen-bond acceptors (Lipinski definition) is 3. The first-order valence-electron chi connectivity index (χ1n) is 8.29. The van der Waals surface area contributed by atoms with Crippen LogP contribution in [0.25, 0.3) is 22.0 Å². The Balaban J connectivity index is 2.02. The van der Waals surface area contributed by atoms with E-state index in [0.717, 1.165) is 0 Å². The van der Waals surface area contributed by atoms with Crippen LogP contribution < -0.4 is 10.7 Å². The van der Waals surface area contributed by atoms with Crippen LogP contribution in [0.1, 0.15) is 10.6 Å². The number of rotatable bonds is 3. The molecule has 0 fully saturated rings. The summed E-state index contributed by atoms with van der Waals surface area (Å²) >= 11 is 6.36. The van der Waals surface area contributed by atoms with Crippen molar-refractivity contribution in [3.05, 3.63) is 87.9 Å². The van der Waals surface area contributed by atoms with Gasteiger partial charge in [0.05, 0.1) is 17.3 Å². The largest absolute Gasteiger partial charge is 0.459 e. The quantitative estimate of drug-likeness (QED) is 0.561.